The minimum atomic E-state index is -0.219. The molecule has 1 aromatic carbocycles. The number of aryl methyl sites for hydroxylation is 1. The van der Waals surface area contributed by atoms with Crippen molar-refractivity contribution in [3.05, 3.63) is 35.9 Å². The Labute approximate surface area is 115 Å². The highest BCUT2D eigenvalue weighted by Gasteiger charge is 2.34. The van der Waals surface area contributed by atoms with Gasteiger partial charge in [-0.3, -0.25) is 4.79 Å². The Morgan fingerprint density at radius 3 is 2.63 bits per heavy atom. The molecule has 1 aliphatic carbocycles. The molecule has 2 rings (SSSR count). The summed E-state index contributed by atoms with van der Waals surface area (Å²) in [6.07, 6.45) is 5.57. The standard InChI is InChI=1S/C16H24N2O/c1-13(8-9-14-6-3-2-4-7-14)18-15(19)12-16(17)10-5-11-16/h2-4,6-7,13H,5,8-12,17H2,1H3,(H,18,19). The number of carbonyl (C=O) groups is 1. The van der Waals surface area contributed by atoms with Crippen LogP contribution in [0, 0.1) is 0 Å². The summed E-state index contributed by atoms with van der Waals surface area (Å²) in [6.45, 7) is 2.06. The zero-order valence-corrected chi connectivity index (χ0v) is 11.7. The van der Waals surface area contributed by atoms with Crippen LogP contribution < -0.4 is 11.1 Å². The Kier molecular flexibility index (Phi) is 4.59. The minimum absolute atomic E-state index is 0.0998. The molecule has 1 aliphatic rings. The van der Waals surface area contributed by atoms with E-state index in [1.165, 1.54) is 5.56 Å². The predicted molar refractivity (Wildman–Crippen MR) is 77.8 cm³/mol. The van der Waals surface area contributed by atoms with Crippen molar-refractivity contribution in [2.24, 2.45) is 5.73 Å². The van der Waals surface area contributed by atoms with E-state index in [0.717, 1.165) is 32.1 Å². The van der Waals surface area contributed by atoms with Gasteiger partial charge in [-0.15, -0.1) is 0 Å². The van der Waals surface area contributed by atoms with Crippen molar-refractivity contribution in [3.63, 3.8) is 0 Å². The van der Waals surface area contributed by atoms with Gasteiger partial charge in [-0.2, -0.15) is 0 Å². The average molecular weight is 260 g/mol. The van der Waals surface area contributed by atoms with Gasteiger partial charge in [-0.25, -0.2) is 0 Å². The first-order chi connectivity index (χ1) is 9.07. The lowest BCUT2D eigenvalue weighted by atomic mass is 9.75. The van der Waals surface area contributed by atoms with E-state index >= 15 is 0 Å². The Hall–Kier alpha value is -1.35. The van der Waals surface area contributed by atoms with Crippen LogP contribution >= 0.6 is 0 Å². The Morgan fingerprint density at radius 1 is 1.37 bits per heavy atom. The SMILES string of the molecule is CC(CCc1ccccc1)NC(=O)CC1(N)CCC1. The second kappa shape index (κ2) is 6.20. The number of nitrogens with one attached hydrogen (secondary N) is 1. The Bertz CT molecular complexity index is 412. The third-order valence-electron chi connectivity index (χ3n) is 3.98. The number of rotatable bonds is 6. The van der Waals surface area contributed by atoms with E-state index in [1.54, 1.807) is 0 Å². The van der Waals surface area contributed by atoms with Crippen LogP contribution in [0.2, 0.25) is 0 Å². The molecule has 0 saturated heterocycles. The van der Waals surface area contributed by atoms with E-state index in [0.29, 0.717) is 6.42 Å². The van der Waals surface area contributed by atoms with Gasteiger partial charge >= 0.3 is 0 Å². The van der Waals surface area contributed by atoms with E-state index in [4.69, 9.17) is 5.73 Å². The van der Waals surface area contributed by atoms with Crippen LogP contribution in [0.25, 0.3) is 0 Å². The van der Waals surface area contributed by atoms with Crippen molar-refractivity contribution >= 4 is 5.91 Å². The summed E-state index contributed by atoms with van der Waals surface area (Å²) >= 11 is 0. The number of nitrogens with two attached hydrogens (primary N) is 1. The maximum Gasteiger partial charge on any atom is 0.222 e. The molecule has 104 valence electrons. The largest absolute Gasteiger partial charge is 0.354 e. The summed E-state index contributed by atoms with van der Waals surface area (Å²) in [5.41, 5.74) is 7.18. The zero-order chi connectivity index (χ0) is 13.7. The van der Waals surface area contributed by atoms with Crippen molar-refractivity contribution in [1.29, 1.82) is 0 Å². The molecule has 0 aliphatic heterocycles. The van der Waals surface area contributed by atoms with E-state index in [1.807, 2.05) is 18.2 Å². The summed E-state index contributed by atoms with van der Waals surface area (Å²) in [4.78, 5) is 11.9. The molecule has 3 N–H and O–H groups in total. The molecule has 1 aromatic rings. The lowest BCUT2D eigenvalue weighted by Crippen LogP contribution is -2.50. The lowest BCUT2D eigenvalue weighted by Gasteiger charge is -2.37. The van der Waals surface area contributed by atoms with Gasteiger partial charge in [0, 0.05) is 18.0 Å². The summed E-state index contributed by atoms with van der Waals surface area (Å²) in [5, 5.41) is 3.06. The number of benzene rings is 1. The van der Waals surface area contributed by atoms with Crippen LogP contribution in [0.4, 0.5) is 0 Å². The molecular weight excluding hydrogens is 236 g/mol. The normalized spacial score (nSPS) is 18.4. The molecule has 1 saturated carbocycles. The van der Waals surface area contributed by atoms with E-state index in [9.17, 15) is 4.79 Å². The summed E-state index contributed by atoms with van der Waals surface area (Å²) in [5.74, 6) is 0.0998. The van der Waals surface area contributed by atoms with Gasteiger partial charge in [-0.1, -0.05) is 30.3 Å². The zero-order valence-electron chi connectivity index (χ0n) is 11.7. The topological polar surface area (TPSA) is 55.1 Å². The van der Waals surface area contributed by atoms with Crippen molar-refractivity contribution in [2.45, 2.75) is 57.0 Å². The molecule has 19 heavy (non-hydrogen) atoms. The number of amides is 1. The van der Waals surface area contributed by atoms with Crippen LogP contribution in [0.3, 0.4) is 0 Å². The smallest absolute Gasteiger partial charge is 0.222 e. The molecule has 3 nitrogen and oxygen atoms in total. The molecule has 0 aromatic heterocycles. The van der Waals surface area contributed by atoms with Crippen molar-refractivity contribution in [2.75, 3.05) is 0 Å². The molecule has 1 unspecified atom stereocenters. The van der Waals surface area contributed by atoms with Gasteiger partial charge in [0.05, 0.1) is 0 Å². The average Bonchev–Trinajstić information content (AvgIpc) is 2.35. The molecule has 3 heteroatoms. The summed E-state index contributed by atoms with van der Waals surface area (Å²) in [6, 6.07) is 10.6. The van der Waals surface area contributed by atoms with Gasteiger partial charge in [0.1, 0.15) is 0 Å². The summed E-state index contributed by atoms with van der Waals surface area (Å²) < 4.78 is 0. The fraction of sp³-hybridized carbons (Fsp3) is 0.562. The van der Waals surface area contributed by atoms with Crippen LogP contribution in [0.15, 0.2) is 30.3 Å². The lowest BCUT2D eigenvalue weighted by molar-refractivity contribution is -0.123. The highest BCUT2D eigenvalue weighted by atomic mass is 16.1. The van der Waals surface area contributed by atoms with Crippen molar-refractivity contribution in [3.8, 4) is 0 Å². The second-order valence-corrected chi connectivity index (χ2v) is 5.89. The third kappa shape index (κ3) is 4.35. The summed E-state index contributed by atoms with van der Waals surface area (Å²) in [7, 11) is 0. The van der Waals surface area contributed by atoms with Crippen LogP contribution in [-0.4, -0.2) is 17.5 Å². The highest BCUT2D eigenvalue weighted by molar-refractivity contribution is 5.77. The van der Waals surface area contributed by atoms with Gasteiger partial charge in [0.15, 0.2) is 0 Å². The number of carbonyl (C=O) groups excluding carboxylic acids is 1. The maximum atomic E-state index is 11.9. The fourth-order valence-corrected chi connectivity index (χ4v) is 2.55. The van der Waals surface area contributed by atoms with Crippen LogP contribution in [0.1, 0.15) is 44.6 Å². The van der Waals surface area contributed by atoms with Gasteiger partial charge < -0.3 is 11.1 Å². The first-order valence-electron chi connectivity index (χ1n) is 7.20. The quantitative estimate of drug-likeness (QED) is 0.825. The molecule has 0 spiro atoms. The Morgan fingerprint density at radius 2 is 2.05 bits per heavy atom. The Balaban J connectivity index is 1.69. The predicted octanol–water partition coefficient (Wildman–Crippen LogP) is 2.40. The van der Waals surface area contributed by atoms with Gasteiger partial charge in [0.25, 0.3) is 0 Å². The molecule has 0 heterocycles. The second-order valence-electron chi connectivity index (χ2n) is 5.89. The van der Waals surface area contributed by atoms with Crippen LogP contribution in [-0.2, 0) is 11.2 Å². The van der Waals surface area contributed by atoms with Gasteiger partial charge in [-0.05, 0) is 44.6 Å². The minimum Gasteiger partial charge on any atom is -0.354 e. The number of hydrogen-bond acceptors (Lipinski definition) is 2. The highest BCUT2D eigenvalue weighted by Crippen LogP contribution is 2.31. The van der Waals surface area contributed by atoms with Crippen LogP contribution in [0.5, 0.6) is 0 Å². The molecule has 1 amide bonds. The molecule has 0 bridgehead atoms. The maximum absolute atomic E-state index is 11.9. The monoisotopic (exact) mass is 260 g/mol. The molecule has 1 fully saturated rings. The molecule has 0 radical (unpaired) electrons. The van der Waals surface area contributed by atoms with E-state index < -0.39 is 0 Å². The first kappa shape index (κ1) is 14.1. The van der Waals surface area contributed by atoms with E-state index in [2.05, 4.69) is 24.4 Å². The molecular formula is C16H24N2O. The first-order valence-corrected chi connectivity index (χ1v) is 7.20. The number of hydrogen-bond donors (Lipinski definition) is 2. The van der Waals surface area contributed by atoms with Gasteiger partial charge in [0.2, 0.25) is 5.91 Å². The van der Waals surface area contributed by atoms with Crippen molar-refractivity contribution in [1.82, 2.24) is 5.32 Å². The third-order valence-corrected chi connectivity index (χ3v) is 3.98. The van der Waals surface area contributed by atoms with E-state index in [-0.39, 0.29) is 17.5 Å². The van der Waals surface area contributed by atoms with Crippen molar-refractivity contribution < 1.29 is 4.79 Å². The molecule has 1 atom stereocenters. The fourth-order valence-electron chi connectivity index (χ4n) is 2.55.